The quantitative estimate of drug-likeness (QED) is 0.857. The molecule has 1 N–H and O–H groups in total. The molecule has 0 spiro atoms. The largest absolute Gasteiger partial charge is 0.362 e. The third-order valence-electron chi connectivity index (χ3n) is 2.89. The third-order valence-corrected chi connectivity index (χ3v) is 3.11. The van der Waals surface area contributed by atoms with Crippen molar-refractivity contribution in [2.24, 2.45) is 0 Å². The van der Waals surface area contributed by atoms with E-state index in [4.69, 9.17) is 21.6 Å². The van der Waals surface area contributed by atoms with E-state index >= 15 is 0 Å². The molecule has 1 heterocycles. The number of fused-ring (bicyclic) bond motifs is 1. The van der Waals surface area contributed by atoms with Gasteiger partial charge in [0, 0.05) is 23.5 Å². The van der Waals surface area contributed by atoms with Gasteiger partial charge >= 0.3 is 0 Å². The summed E-state index contributed by atoms with van der Waals surface area (Å²) in [5, 5.41) is 11.8. The maximum absolute atomic E-state index is 11.8. The Morgan fingerprint density at radius 1 is 1.58 bits per heavy atom. The second-order valence-corrected chi connectivity index (χ2v) is 4.37. The normalized spacial score (nSPS) is 13.1. The maximum Gasteiger partial charge on any atom is 0.241 e. The Labute approximate surface area is 116 Å². The average molecular weight is 280 g/mol. The first-order valence-corrected chi connectivity index (χ1v) is 6.47. The molecule has 1 aliphatic rings. The summed E-state index contributed by atoms with van der Waals surface area (Å²) >= 11 is 5.61. The number of halogens is 1. The topological polar surface area (TPSA) is 65.4 Å². The fourth-order valence-electron chi connectivity index (χ4n) is 1.96. The Balaban J connectivity index is 2.26. The average Bonchev–Trinajstić information content (AvgIpc) is 2.47. The van der Waals surface area contributed by atoms with Crippen molar-refractivity contribution in [1.82, 2.24) is 0 Å². The van der Waals surface area contributed by atoms with Gasteiger partial charge in [0.1, 0.15) is 12.6 Å². The SMILES string of the molecule is N#CCCN(C(=O)CCl)c1ccc2c(c1)COCN2. The van der Waals surface area contributed by atoms with Gasteiger partial charge in [-0.05, 0) is 18.2 Å². The van der Waals surface area contributed by atoms with Crippen LogP contribution in [0.3, 0.4) is 0 Å². The standard InChI is InChI=1S/C13H14ClN3O2/c14-7-13(18)17(5-1-4-15)11-2-3-12-10(6-11)8-19-9-16-12/h2-3,6,16H,1,5,7-9H2. The molecule has 6 heteroatoms. The number of rotatable bonds is 4. The highest BCUT2D eigenvalue weighted by atomic mass is 35.5. The lowest BCUT2D eigenvalue weighted by molar-refractivity contribution is -0.116. The Morgan fingerprint density at radius 3 is 3.16 bits per heavy atom. The molecule has 1 aliphatic heterocycles. The first-order valence-electron chi connectivity index (χ1n) is 5.94. The summed E-state index contributed by atoms with van der Waals surface area (Å²) in [6.07, 6.45) is 0.272. The van der Waals surface area contributed by atoms with Gasteiger partial charge in [-0.25, -0.2) is 0 Å². The number of hydrogen-bond acceptors (Lipinski definition) is 4. The van der Waals surface area contributed by atoms with Crippen molar-refractivity contribution in [1.29, 1.82) is 5.26 Å². The van der Waals surface area contributed by atoms with Gasteiger partial charge < -0.3 is 15.0 Å². The van der Waals surface area contributed by atoms with E-state index in [-0.39, 0.29) is 18.2 Å². The summed E-state index contributed by atoms with van der Waals surface area (Å²) in [4.78, 5) is 13.4. The predicted octanol–water partition coefficient (Wildman–Crippen LogP) is 2.07. The lowest BCUT2D eigenvalue weighted by atomic mass is 10.1. The van der Waals surface area contributed by atoms with E-state index in [1.165, 1.54) is 4.90 Å². The van der Waals surface area contributed by atoms with E-state index < -0.39 is 0 Å². The molecule has 19 heavy (non-hydrogen) atoms. The zero-order chi connectivity index (χ0) is 13.7. The van der Waals surface area contributed by atoms with Crippen molar-refractivity contribution in [2.75, 3.05) is 29.4 Å². The van der Waals surface area contributed by atoms with Crippen LogP contribution in [0.2, 0.25) is 0 Å². The molecule has 5 nitrogen and oxygen atoms in total. The van der Waals surface area contributed by atoms with Crippen LogP contribution in [0.4, 0.5) is 11.4 Å². The number of nitriles is 1. The fourth-order valence-corrected chi connectivity index (χ4v) is 2.11. The molecule has 0 aromatic heterocycles. The number of nitrogens with one attached hydrogen (secondary N) is 1. The van der Waals surface area contributed by atoms with Crippen molar-refractivity contribution in [3.05, 3.63) is 23.8 Å². The van der Waals surface area contributed by atoms with E-state index in [0.717, 1.165) is 16.9 Å². The summed E-state index contributed by atoms with van der Waals surface area (Å²) in [5.41, 5.74) is 2.74. The molecule has 0 aliphatic carbocycles. The summed E-state index contributed by atoms with van der Waals surface area (Å²) in [7, 11) is 0. The molecule has 0 atom stereocenters. The number of ether oxygens (including phenoxy) is 1. The van der Waals surface area contributed by atoms with Crippen LogP contribution >= 0.6 is 11.6 Å². The summed E-state index contributed by atoms with van der Waals surface area (Å²) in [6.45, 7) is 1.34. The number of nitrogens with zero attached hydrogens (tertiary/aromatic N) is 2. The smallest absolute Gasteiger partial charge is 0.241 e. The summed E-state index contributed by atoms with van der Waals surface area (Å²) in [6, 6.07) is 7.68. The second-order valence-electron chi connectivity index (χ2n) is 4.10. The van der Waals surface area contributed by atoms with Crippen molar-refractivity contribution in [3.63, 3.8) is 0 Å². The molecule has 1 aromatic carbocycles. The number of amides is 1. The molecular weight excluding hydrogens is 266 g/mol. The van der Waals surface area contributed by atoms with Crippen molar-refractivity contribution in [2.45, 2.75) is 13.0 Å². The van der Waals surface area contributed by atoms with Gasteiger partial charge in [0.2, 0.25) is 5.91 Å². The Morgan fingerprint density at radius 2 is 2.42 bits per heavy atom. The molecule has 1 aromatic rings. The van der Waals surface area contributed by atoms with Gasteiger partial charge in [0.05, 0.1) is 19.1 Å². The summed E-state index contributed by atoms with van der Waals surface area (Å²) < 4.78 is 5.31. The minimum atomic E-state index is -0.207. The first kappa shape index (κ1) is 13.7. The van der Waals surface area contributed by atoms with E-state index in [9.17, 15) is 4.79 Å². The molecular formula is C13H14ClN3O2. The maximum atomic E-state index is 11.8. The number of benzene rings is 1. The van der Waals surface area contributed by atoms with E-state index in [0.29, 0.717) is 19.9 Å². The van der Waals surface area contributed by atoms with Gasteiger partial charge in [-0.1, -0.05) is 0 Å². The highest BCUT2D eigenvalue weighted by molar-refractivity contribution is 6.29. The minimum absolute atomic E-state index is 0.0999. The Kier molecular flexibility index (Phi) is 4.61. The van der Waals surface area contributed by atoms with Crippen molar-refractivity contribution in [3.8, 4) is 6.07 Å². The van der Waals surface area contributed by atoms with E-state index in [1.54, 1.807) is 0 Å². The van der Waals surface area contributed by atoms with Gasteiger partial charge in [-0.3, -0.25) is 4.79 Å². The third kappa shape index (κ3) is 3.16. The van der Waals surface area contributed by atoms with Crippen molar-refractivity contribution < 1.29 is 9.53 Å². The van der Waals surface area contributed by atoms with Gasteiger partial charge in [-0.2, -0.15) is 5.26 Å². The van der Waals surface area contributed by atoms with E-state index in [2.05, 4.69) is 5.32 Å². The molecule has 100 valence electrons. The first-order chi connectivity index (χ1) is 9.26. The molecule has 0 saturated carbocycles. The van der Waals surface area contributed by atoms with E-state index in [1.807, 2.05) is 24.3 Å². The number of carbonyl (C=O) groups excluding carboxylic acids is 1. The van der Waals surface area contributed by atoms with Crippen LogP contribution < -0.4 is 10.2 Å². The number of carbonyl (C=O) groups is 1. The van der Waals surface area contributed by atoms with Gasteiger partial charge in [0.25, 0.3) is 0 Å². The van der Waals surface area contributed by atoms with Crippen LogP contribution in [0.15, 0.2) is 18.2 Å². The lowest BCUT2D eigenvalue weighted by Crippen LogP contribution is -2.33. The molecule has 0 saturated heterocycles. The van der Waals surface area contributed by atoms with Gasteiger partial charge in [0.15, 0.2) is 0 Å². The van der Waals surface area contributed by atoms with Crippen LogP contribution in [0, 0.1) is 11.3 Å². The fraction of sp³-hybridized carbons (Fsp3) is 0.385. The highest BCUT2D eigenvalue weighted by Crippen LogP contribution is 2.26. The van der Waals surface area contributed by atoms with Crippen LogP contribution in [0.5, 0.6) is 0 Å². The van der Waals surface area contributed by atoms with Gasteiger partial charge in [-0.15, -0.1) is 11.6 Å². The van der Waals surface area contributed by atoms with Crippen LogP contribution in [-0.4, -0.2) is 25.1 Å². The number of hydrogen-bond donors (Lipinski definition) is 1. The molecule has 0 unspecified atom stereocenters. The van der Waals surface area contributed by atoms with Crippen molar-refractivity contribution >= 4 is 28.9 Å². The molecule has 0 bridgehead atoms. The lowest BCUT2D eigenvalue weighted by Gasteiger charge is -2.24. The minimum Gasteiger partial charge on any atom is -0.362 e. The Hall–Kier alpha value is -1.77. The van der Waals surface area contributed by atoms with Crippen LogP contribution in [0.1, 0.15) is 12.0 Å². The Bertz CT molecular complexity index is 513. The highest BCUT2D eigenvalue weighted by Gasteiger charge is 2.17. The molecule has 0 fully saturated rings. The monoisotopic (exact) mass is 279 g/mol. The van der Waals surface area contributed by atoms with Crippen LogP contribution in [0.25, 0.3) is 0 Å². The molecule has 2 rings (SSSR count). The summed E-state index contributed by atoms with van der Waals surface area (Å²) in [5.74, 6) is -0.307. The molecule has 0 radical (unpaired) electrons. The molecule has 1 amide bonds. The number of alkyl halides is 1. The zero-order valence-electron chi connectivity index (χ0n) is 10.4. The second kappa shape index (κ2) is 6.41. The van der Waals surface area contributed by atoms with Crippen LogP contribution in [-0.2, 0) is 16.1 Å². The zero-order valence-corrected chi connectivity index (χ0v) is 11.1. The predicted molar refractivity (Wildman–Crippen MR) is 73.0 cm³/mol. The number of anilines is 2.